The lowest BCUT2D eigenvalue weighted by Gasteiger charge is -2.25. The van der Waals surface area contributed by atoms with Gasteiger partial charge in [-0.05, 0) is 66.9 Å². The highest BCUT2D eigenvalue weighted by atomic mass is 32.1. The average Bonchev–Trinajstić information content (AvgIpc) is 3.33. The van der Waals surface area contributed by atoms with E-state index < -0.39 is 11.7 Å². The van der Waals surface area contributed by atoms with E-state index in [1.54, 1.807) is 12.1 Å². The standard InChI is InChI=1S/C27H24FN5O2S/c28-20-8-3-19(4-9-20)26(35)33(22-12-7-17-2-1-13-30-23(17)14-22)15-25(34)31-21-10-5-18(6-11-21)24-16-36-27(29)32-24/h3-12,14,16,30H,1-2,13,15H2,(H2,29,32)(H,31,34). The fourth-order valence-corrected chi connectivity index (χ4v) is 4.71. The normalized spacial score (nSPS) is 12.4. The van der Waals surface area contributed by atoms with Gasteiger partial charge < -0.3 is 16.4 Å². The van der Waals surface area contributed by atoms with Crippen molar-refractivity contribution in [3.05, 3.63) is 89.1 Å². The van der Waals surface area contributed by atoms with Crippen LogP contribution in [0.15, 0.2) is 72.1 Å². The van der Waals surface area contributed by atoms with Crippen LogP contribution < -0.4 is 21.3 Å². The maximum Gasteiger partial charge on any atom is 0.258 e. The zero-order chi connectivity index (χ0) is 25.1. The lowest BCUT2D eigenvalue weighted by atomic mass is 10.0. The Balaban J connectivity index is 1.37. The van der Waals surface area contributed by atoms with Crippen LogP contribution in [-0.4, -0.2) is 29.9 Å². The summed E-state index contributed by atoms with van der Waals surface area (Å²) in [5, 5.41) is 8.57. The lowest BCUT2D eigenvalue weighted by Crippen LogP contribution is -2.38. The Bertz CT molecular complexity index is 1400. The van der Waals surface area contributed by atoms with E-state index in [1.807, 2.05) is 35.7 Å². The van der Waals surface area contributed by atoms with Gasteiger partial charge in [0.1, 0.15) is 12.4 Å². The highest BCUT2D eigenvalue weighted by Gasteiger charge is 2.22. The number of thiazole rings is 1. The largest absolute Gasteiger partial charge is 0.385 e. The molecule has 0 atom stereocenters. The molecule has 36 heavy (non-hydrogen) atoms. The summed E-state index contributed by atoms with van der Waals surface area (Å²) in [5.74, 6) is -1.18. The van der Waals surface area contributed by atoms with Crippen molar-refractivity contribution in [1.29, 1.82) is 0 Å². The van der Waals surface area contributed by atoms with Crippen LogP contribution in [0.4, 0.5) is 26.6 Å². The van der Waals surface area contributed by atoms with E-state index in [0.29, 0.717) is 22.1 Å². The van der Waals surface area contributed by atoms with E-state index in [1.165, 1.54) is 46.1 Å². The number of aromatic nitrogens is 1. The third kappa shape index (κ3) is 5.21. The number of benzene rings is 3. The van der Waals surface area contributed by atoms with E-state index in [9.17, 15) is 14.0 Å². The second-order valence-electron chi connectivity index (χ2n) is 8.47. The molecular formula is C27H24FN5O2S. The Labute approximate surface area is 211 Å². The molecule has 0 bridgehead atoms. The van der Waals surface area contributed by atoms with Crippen LogP contribution in [0.25, 0.3) is 11.3 Å². The summed E-state index contributed by atoms with van der Waals surface area (Å²) in [6.07, 6.45) is 2.00. The van der Waals surface area contributed by atoms with Crippen molar-refractivity contribution in [2.24, 2.45) is 0 Å². The van der Waals surface area contributed by atoms with E-state index >= 15 is 0 Å². The van der Waals surface area contributed by atoms with Gasteiger partial charge in [-0.3, -0.25) is 14.5 Å². The average molecular weight is 502 g/mol. The van der Waals surface area contributed by atoms with Gasteiger partial charge in [0.25, 0.3) is 5.91 Å². The van der Waals surface area contributed by atoms with Crippen LogP contribution in [0.3, 0.4) is 0 Å². The van der Waals surface area contributed by atoms with Gasteiger partial charge >= 0.3 is 0 Å². The lowest BCUT2D eigenvalue weighted by molar-refractivity contribution is -0.114. The highest BCUT2D eigenvalue weighted by Crippen LogP contribution is 2.29. The topological polar surface area (TPSA) is 100 Å². The molecule has 0 radical (unpaired) electrons. The van der Waals surface area contributed by atoms with Gasteiger partial charge in [-0.2, -0.15) is 0 Å². The summed E-state index contributed by atoms with van der Waals surface area (Å²) in [5.41, 5.74) is 11.0. The van der Waals surface area contributed by atoms with Gasteiger partial charge in [0, 0.05) is 40.1 Å². The molecule has 1 aliphatic rings. The first kappa shape index (κ1) is 23.5. The second-order valence-corrected chi connectivity index (χ2v) is 9.36. The van der Waals surface area contributed by atoms with E-state index in [-0.39, 0.29) is 12.5 Å². The van der Waals surface area contributed by atoms with Gasteiger partial charge in [0.2, 0.25) is 5.91 Å². The molecule has 0 spiro atoms. The van der Waals surface area contributed by atoms with Crippen LogP contribution in [0.1, 0.15) is 22.3 Å². The molecule has 5 rings (SSSR count). The molecule has 3 aromatic carbocycles. The zero-order valence-electron chi connectivity index (χ0n) is 19.3. The van der Waals surface area contributed by atoms with E-state index in [0.717, 1.165) is 36.3 Å². The van der Waals surface area contributed by atoms with Gasteiger partial charge in [-0.15, -0.1) is 11.3 Å². The maximum absolute atomic E-state index is 13.4. The molecule has 2 heterocycles. The first-order valence-corrected chi connectivity index (χ1v) is 12.4. The molecule has 2 amide bonds. The molecule has 7 nitrogen and oxygen atoms in total. The quantitative estimate of drug-likeness (QED) is 0.338. The van der Waals surface area contributed by atoms with Crippen LogP contribution in [-0.2, 0) is 11.2 Å². The Morgan fingerprint density at radius 2 is 1.86 bits per heavy atom. The Morgan fingerprint density at radius 3 is 2.58 bits per heavy atom. The van der Waals surface area contributed by atoms with Crippen LogP contribution in [0.5, 0.6) is 0 Å². The monoisotopic (exact) mass is 501 g/mol. The predicted molar refractivity (Wildman–Crippen MR) is 142 cm³/mol. The molecule has 0 saturated heterocycles. The van der Waals surface area contributed by atoms with Crippen molar-refractivity contribution >= 4 is 45.3 Å². The molecule has 0 fully saturated rings. The van der Waals surface area contributed by atoms with Crippen molar-refractivity contribution in [1.82, 2.24) is 4.98 Å². The van der Waals surface area contributed by atoms with Crippen LogP contribution in [0.2, 0.25) is 0 Å². The van der Waals surface area contributed by atoms with Crippen molar-refractivity contribution in [2.45, 2.75) is 12.8 Å². The first-order chi connectivity index (χ1) is 17.5. The number of nitrogens with zero attached hydrogens (tertiary/aromatic N) is 2. The summed E-state index contributed by atoms with van der Waals surface area (Å²) in [7, 11) is 0. The number of nitrogens with two attached hydrogens (primary N) is 1. The third-order valence-corrected chi connectivity index (χ3v) is 6.64. The number of amides is 2. The van der Waals surface area contributed by atoms with Crippen LogP contribution in [0, 0.1) is 5.82 Å². The van der Waals surface area contributed by atoms with Gasteiger partial charge in [-0.25, -0.2) is 9.37 Å². The first-order valence-electron chi connectivity index (χ1n) is 11.5. The van der Waals surface area contributed by atoms with Gasteiger partial charge in [-0.1, -0.05) is 18.2 Å². The number of nitrogens with one attached hydrogen (secondary N) is 2. The predicted octanol–water partition coefficient (Wildman–Crippen LogP) is 5.18. The van der Waals surface area contributed by atoms with Crippen molar-refractivity contribution in [2.75, 3.05) is 34.4 Å². The third-order valence-electron chi connectivity index (χ3n) is 5.97. The number of fused-ring (bicyclic) bond motifs is 1. The minimum atomic E-state index is -0.433. The number of anilines is 4. The summed E-state index contributed by atoms with van der Waals surface area (Å²) in [6.45, 7) is 0.645. The SMILES string of the molecule is Nc1nc(-c2ccc(NC(=O)CN(C(=O)c3ccc(F)cc3)c3ccc4c(c3)NCCC4)cc2)cs1. The summed E-state index contributed by atoms with van der Waals surface area (Å²) < 4.78 is 13.4. The van der Waals surface area contributed by atoms with E-state index in [4.69, 9.17) is 5.73 Å². The smallest absolute Gasteiger partial charge is 0.258 e. The number of hydrogen-bond acceptors (Lipinski definition) is 6. The summed E-state index contributed by atoms with van der Waals surface area (Å²) in [4.78, 5) is 32.1. The fourth-order valence-electron chi connectivity index (χ4n) is 4.13. The molecule has 4 N–H and O–H groups in total. The molecule has 182 valence electrons. The minimum absolute atomic E-state index is 0.209. The van der Waals surface area contributed by atoms with Crippen molar-refractivity contribution in [3.63, 3.8) is 0 Å². The Kier molecular flexibility index (Phi) is 6.64. The number of rotatable bonds is 6. The molecule has 0 unspecified atom stereocenters. The highest BCUT2D eigenvalue weighted by molar-refractivity contribution is 7.13. The van der Waals surface area contributed by atoms with E-state index in [2.05, 4.69) is 15.6 Å². The molecule has 1 aliphatic heterocycles. The molecule has 4 aromatic rings. The molecule has 9 heteroatoms. The molecule has 1 aromatic heterocycles. The Hall–Kier alpha value is -4.24. The van der Waals surface area contributed by atoms with Gasteiger partial charge in [0.05, 0.1) is 5.69 Å². The second kappa shape index (κ2) is 10.2. The number of carbonyl (C=O) groups is 2. The fraction of sp³-hybridized carbons (Fsp3) is 0.148. The Morgan fingerprint density at radius 1 is 1.08 bits per heavy atom. The molecular weight excluding hydrogens is 477 g/mol. The number of aryl methyl sites for hydroxylation is 1. The number of carbonyl (C=O) groups excluding carboxylic acids is 2. The summed E-state index contributed by atoms with van der Waals surface area (Å²) >= 11 is 1.36. The maximum atomic E-state index is 13.4. The molecule has 0 aliphatic carbocycles. The minimum Gasteiger partial charge on any atom is -0.385 e. The summed E-state index contributed by atoms with van der Waals surface area (Å²) in [6, 6.07) is 18.3. The van der Waals surface area contributed by atoms with Gasteiger partial charge in [0.15, 0.2) is 5.13 Å². The van der Waals surface area contributed by atoms with Crippen molar-refractivity contribution < 1.29 is 14.0 Å². The number of hydrogen-bond donors (Lipinski definition) is 3. The van der Waals surface area contributed by atoms with Crippen molar-refractivity contribution in [3.8, 4) is 11.3 Å². The number of halogens is 1. The van der Waals surface area contributed by atoms with Crippen LogP contribution >= 0.6 is 11.3 Å². The number of nitrogen functional groups attached to an aromatic ring is 1. The zero-order valence-corrected chi connectivity index (χ0v) is 20.1. The molecule has 0 saturated carbocycles.